The number of hydrogen-bond donors (Lipinski definition) is 2. The van der Waals surface area contributed by atoms with Gasteiger partial charge in [-0.25, -0.2) is 0 Å². The van der Waals surface area contributed by atoms with Crippen LogP contribution < -0.4 is 10.6 Å². The monoisotopic (exact) mass is 422 g/mol. The average molecular weight is 423 g/mol. The van der Waals surface area contributed by atoms with Crippen LogP contribution in [-0.2, 0) is 22.4 Å². The Labute approximate surface area is 188 Å². The molecule has 0 bridgehead atoms. The molecule has 0 aliphatic heterocycles. The number of carbonyl (C=O) groups excluding carboxylic acids is 2. The van der Waals surface area contributed by atoms with Gasteiger partial charge in [0.05, 0.1) is 11.4 Å². The summed E-state index contributed by atoms with van der Waals surface area (Å²) in [6.07, 6.45) is 2.08. The number of rotatable bonds is 8. The van der Waals surface area contributed by atoms with E-state index in [1.807, 2.05) is 97.1 Å². The maximum absolute atomic E-state index is 12.6. The summed E-state index contributed by atoms with van der Waals surface area (Å²) >= 11 is 0. The van der Waals surface area contributed by atoms with E-state index in [-0.39, 0.29) is 11.8 Å². The van der Waals surface area contributed by atoms with Crippen LogP contribution in [0.1, 0.15) is 24.0 Å². The molecule has 2 N–H and O–H groups in total. The van der Waals surface area contributed by atoms with E-state index >= 15 is 0 Å². The van der Waals surface area contributed by atoms with E-state index in [1.165, 1.54) is 0 Å². The highest BCUT2D eigenvalue weighted by Crippen LogP contribution is 2.29. The van der Waals surface area contributed by atoms with Crippen molar-refractivity contribution in [3.05, 3.63) is 108 Å². The molecule has 0 saturated heterocycles. The number of nitrogens with one attached hydrogen (secondary N) is 2. The summed E-state index contributed by atoms with van der Waals surface area (Å²) in [5, 5.41) is 8.01. The fourth-order valence-corrected chi connectivity index (χ4v) is 3.68. The second-order valence-electron chi connectivity index (χ2n) is 7.81. The first-order valence-electron chi connectivity index (χ1n) is 10.9. The molecule has 0 saturated carbocycles. The Bertz CT molecular complexity index is 1110. The molecule has 4 nitrogen and oxygen atoms in total. The number of carbonyl (C=O) groups is 2. The number of hydrogen-bond acceptors (Lipinski definition) is 2. The molecule has 0 aromatic heterocycles. The highest BCUT2D eigenvalue weighted by atomic mass is 16.2. The maximum Gasteiger partial charge on any atom is 0.224 e. The molecular formula is C28H26N2O2. The van der Waals surface area contributed by atoms with Gasteiger partial charge in [0.1, 0.15) is 0 Å². The highest BCUT2D eigenvalue weighted by Gasteiger charge is 2.12. The van der Waals surface area contributed by atoms with Crippen LogP contribution >= 0.6 is 0 Å². The van der Waals surface area contributed by atoms with Crippen LogP contribution in [0.5, 0.6) is 0 Å². The number of anilines is 2. The van der Waals surface area contributed by atoms with E-state index in [0.717, 1.165) is 21.9 Å². The van der Waals surface area contributed by atoms with Gasteiger partial charge in [0, 0.05) is 12.8 Å². The van der Waals surface area contributed by atoms with Gasteiger partial charge in [-0.2, -0.15) is 0 Å². The first-order chi connectivity index (χ1) is 15.7. The van der Waals surface area contributed by atoms with Gasteiger partial charge in [-0.15, -0.1) is 0 Å². The summed E-state index contributed by atoms with van der Waals surface area (Å²) < 4.78 is 0. The van der Waals surface area contributed by atoms with E-state index in [9.17, 15) is 9.59 Å². The summed E-state index contributed by atoms with van der Waals surface area (Å²) in [4.78, 5) is 25.3. The van der Waals surface area contributed by atoms with Crippen LogP contribution in [0.15, 0.2) is 97.1 Å². The Morgan fingerprint density at radius 3 is 1.31 bits per heavy atom. The average Bonchev–Trinajstić information content (AvgIpc) is 2.83. The number of benzene rings is 4. The molecule has 2 amide bonds. The van der Waals surface area contributed by atoms with Crippen molar-refractivity contribution in [1.29, 1.82) is 0 Å². The lowest BCUT2D eigenvalue weighted by Crippen LogP contribution is -2.17. The molecule has 0 spiro atoms. The summed E-state index contributed by atoms with van der Waals surface area (Å²) in [7, 11) is 0. The lowest BCUT2D eigenvalue weighted by atomic mass is 10.1. The fraction of sp³-hybridized carbons (Fsp3) is 0.143. The van der Waals surface area contributed by atoms with Crippen LogP contribution in [0.3, 0.4) is 0 Å². The molecular weight excluding hydrogens is 396 g/mol. The lowest BCUT2D eigenvalue weighted by Gasteiger charge is -2.14. The molecule has 0 atom stereocenters. The van der Waals surface area contributed by atoms with Crippen LogP contribution in [0.2, 0.25) is 0 Å². The molecule has 0 fully saturated rings. The number of amides is 2. The van der Waals surface area contributed by atoms with E-state index in [2.05, 4.69) is 10.6 Å². The van der Waals surface area contributed by atoms with Crippen molar-refractivity contribution in [2.24, 2.45) is 0 Å². The maximum atomic E-state index is 12.6. The minimum Gasteiger partial charge on any atom is -0.324 e. The van der Waals surface area contributed by atoms with Crippen molar-refractivity contribution in [1.82, 2.24) is 0 Å². The third-order valence-corrected chi connectivity index (χ3v) is 5.40. The van der Waals surface area contributed by atoms with Crippen molar-refractivity contribution in [2.45, 2.75) is 25.7 Å². The number of aryl methyl sites for hydroxylation is 2. The molecule has 0 aliphatic carbocycles. The predicted molar refractivity (Wildman–Crippen MR) is 131 cm³/mol. The van der Waals surface area contributed by atoms with Crippen molar-refractivity contribution in [2.75, 3.05) is 10.6 Å². The minimum absolute atomic E-state index is 0.0797. The van der Waals surface area contributed by atoms with Gasteiger partial charge in [-0.1, -0.05) is 84.9 Å². The molecule has 0 heterocycles. The molecule has 4 aromatic carbocycles. The van der Waals surface area contributed by atoms with Gasteiger partial charge < -0.3 is 10.6 Å². The Morgan fingerprint density at radius 2 is 0.906 bits per heavy atom. The molecule has 4 heteroatoms. The van der Waals surface area contributed by atoms with Gasteiger partial charge in [-0.3, -0.25) is 9.59 Å². The summed E-state index contributed by atoms with van der Waals surface area (Å²) in [5.74, 6) is -0.159. The quantitative estimate of drug-likeness (QED) is 0.367. The Morgan fingerprint density at radius 1 is 0.531 bits per heavy atom. The van der Waals surface area contributed by atoms with Gasteiger partial charge in [0.25, 0.3) is 0 Å². The van der Waals surface area contributed by atoms with Gasteiger partial charge in [0.15, 0.2) is 0 Å². The van der Waals surface area contributed by atoms with Crippen LogP contribution in [0, 0.1) is 0 Å². The lowest BCUT2D eigenvalue weighted by molar-refractivity contribution is -0.117. The van der Waals surface area contributed by atoms with E-state index in [0.29, 0.717) is 37.1 Å². The highest BCUT2D eigenvalue weighted by molar-refractivity contribution is 6.04. The van der Waals surface area contributed by atoms with Gasteiger partial charge >= 0.3 is 0 Å². The standard InChI is InChI=1S/C28H26N2O2/c31-27(17-15-21-9-3-1-4-10-21)29-25-19-23-13-7-8-14-24(23)20-26(25)30-28(32)18-16-22-11-5-2-6-12-22/h1-14,19-20H,15-18H2,(H,29,31)(H,30,32). The third-order valence-electron chi connectivity index (χ3n) is 5.40. The normalized spacial score (nSPS) is 10.6. The molecule has 4 rings (SSSR count). The smallest absolute Gasteiger partial charge is 0.224 e. The van der Waals surface area contributed by atoms with Crippen molar-refractivity contribution in [3.8, 4) is 0 Å². The Hall–Kier alpha value is -3.92. The zero-order valence-corrected chi connectivity index (χ0v) is 17.9. The molecule has 160 valence electrons. The first-order valence-corrected chi connectivity index (χ1v) is 10.9. The summed E-state index contributed by atoms with van der Waals surface area (Å²) in [5.41, 5.74) is 3.48. The van der Waals surface area contributed by atoms with Crippen molar-refractivity contribution in [3.63, 3.8) is 0 Å². The summed E-state index contributed by atoms with van der Waals surface area (Å²) in [6.45, 7) is 0. The predicted octanol–water partition coefficient (Wildman–Crippen LogP) is 5.98. The molecule has 4 aromatic rings. The van der Waals surface area contributed by atoms with Crippen molar-refractivity contribution >= 4 is 34.0 Å². The topological polar surface area (TPSA) is 58.2 Å². The second-order valence-corrected chi connectivity index (χ2v) is 7.81. The van der Waals surface area contributed by atoms with E-state index in [1.54, 1.807) is 0 Å². The molecule has 32 heavy (non-hydrogen) atoms. The molecule has 0 aliphatic rings. The van der Waals surface area contributed by atoms with E-state index in [4.69, 9.17) is 0 Å². The van der Waals surface area contributed by atoms with Crippen LogP contribution in [0.4, 0.5) is 11.4 Å². The van der Waals surface area contributed by atoms with Crippen LogP contribution in [-0.4, -0.2) is 11.8 Å². The second kappa shape index (κ2) is 10.4. The van der Waals surface area contributed by atoms with Gasteiger partial charge in [0.2, 0.25) is 11.8 Å². The molecule has 0 radical (unpaired) electrons. The zero-order valence-electron chi connectivity index (χ0n) is 17.9. The van der Waals surface area contributed by atoms with Crippen molar-refractivity contribution < 1.29 is 9.59 Å². The van der Waals surface area contributed by atoms with Gasteiger partial charge in [-0.05, 0) is 46.9 Å². The summed E-state index contributed by atoms with van der Waals surface area (Å²) in [6, 6.07) is 31.6. The SMILES string of the molecule is O=C(CCc1ccccc1)Nc1cc2ccccc2cc1NC(=O)CCc1ccccc1. The molecule has 0 unspecified atom stereocenters. The van der Waals surface area contributed by atoms with Crippen LogP contribution in [0.25, 0.3) is 10.8 Å². The third kappa shape index (κ3) is 5.82. The minimum atomic E-state index is -0.0797. The largest absolute Gasteiger partial charge is 0.324 e. The van der Waals surface area contributed by atoms with E-state index < -0.39 is 0 Å². The Kier molecular flexibility index (Phi) is 6.93. The number of fused-ring (bicyclic) bond motifs is 1. The zero-order chi connectivity index (χ0) is 22.2. The Balaban J connectivity index is 1.47. The first kappa shape index (κ1) is 21.3. The fourth-order valence-electron chi connectivity index (χ4n) is 3.68.